The zero-order chi connectivity index (χ0) is 23.5. The average molecular weight is 447 g/mol. The van der Waals surface area contributed by atoms with Crippen LogP contribution in [-0.2, 0) is 18.4 Å². The van der Waals surface area contributed by atoms with Gasteiger partial charge in [0.2, 0.25) is 5.91 Å². The highest BCUT2D eigenvalue weighted by molar-refractivity contribution is 6.08. The summed E-state index contributed by atoms with van der Waals surface area (Å²) in [6, 6.07) is 14.3. The molecule has 5 nitrogen and oxygen atoms in total. The van der Waals surface area contributed by atoms with Gasteiger partial charge in [0, 0.05) is 25.0 Å². The molecule has 170 valence electrons. The van der Waals surface area contributed by atoms with Crippen molar-refractivity contribution in [2.75, 3.05) is 14.2 Å². The lowest BCUT2D eigenvalue weighted by molar-refractivity contribution is -0.120. The molecular formula is C27H27FN2O3. The topological polar surface area (TPSA) is 52.5 Å². The first-order valence-electron chi connectivity index (χ1n) is 10.7. The van der Waals surface area contributed by atoms with Crippen LogP contribution in [0.2, 0.25) is 0 Å². The van der Waals surface area contributed by atoms with Crippen molar-refractivity contribution in [2.24, 2.45) is 7.05 Å². The Hall–Kier alpha value is -3.80. The zero-order valence-electron chi connectivity index (χ0n) is 19.2. The predicted molar refractivity (Wildman–Crippen MR) is 128 cm³/mol. The number of aromatic nitrogens is 1. The lowest BCUT2D eigenvalue weighted by Crippen LogP contribution is -2.23. The fourth-order valence-corrected chi connectivity index (χ4v) is 4.15. The molecule has 0 fully saturated rings. The Bertz CT molecular complexity index is 1250. The number of ether oxygens (including phenoxy) is 2. The minimum absolute atomic E-state index is 0.106. The van der Waals surface area contributed by atoms with E-state index >= 15 is 0 Å². The number of benzene rings is 2. The molecule has 3 aromatic rings. The van der Waals surface area contributed by atoms with Crippen molar-refractivity contribution in [2.45, 2.75) is 19.9 Å². The first kappa shape index (κ1) is 22.4. The maximum atomic E-state index is 14.2. The molecule has 1 aliphatic carbocycles. The molecule has 33 heavy (non-hydrogen) atoms. The molecule has 0 spiro atoms. The van der Waals surface area contributed by atoms with Gasteiger partial charge in [0.1, 0.15) is 17.3 Å². The van der Waals surface area contributed by atoms with Gasteiger partial charge in [0.15, 0.2) is 0 Å². The standard InChI is InChI=1S/C27H27FN2O3/c1-17-24(12-18-10-21(32-3)14-22(11-18)33-4)23-8-7-19(28)13-26(23)25(17)15-27(31)29-16-20-6-5-9-30(20)2/h5-14H,15-16H2,1-4H3,(H,29,31)/b24-12-. The first-order valence-corrected chi connectivity index (χ1v) is 10.7. The normalized spacial score (nSPS) is 13.9. The van der Waals surface area contributed by atoms with E-state index in [9.17, 15) is 9.18 Å². The van der Waals surface area contributed by atoms with Crippen LogP contribution in [0.4, 0.5) is 4.39 Å². The second-order valence-electron chi connectivity index (χ2n) is 8.06. The number of halogens is 1. The zero-order valence-corrected chi connectivity index (χ0v) is 19.2. The molecule has 1 aromatic heterocycles. The van der Waals surface area contributed by atoms with Gasteiger partial charge in [-0.05, 0) is 82.8 Å². The largest absolute Gasteiger partial charge is 0.497 e. The number of fused-ring (bicyclic) bond motifs is 1. The number of amides is 1. The Morgan fingerprint density at radius 3 is 2.42 bits per heavy atom. The van der Waals surface area contributed by atoms with Crippen LogP contribution in [0.15, 0.2) is 60.3 Å². The van der Waals surface area contributed by atoms with E-state index in [0.29, 0.717) is 18.0 Å². The number of hydrogen-bond acceptors (Lipinski definition) is 3. The van der Waals surface area contributed by atoms with E-state index in [-0.39, 0.29) is 18.1 Å². The highest BCUT2D eigenvalue weighted by atomic mass is 19.1. The van der Waals surface area contributed by atoms with Crippen LogP contribution in [0.25, 0.3) is 17.2 Å². The summed E-state index contributed by atoms with van der Waals surface area (Å²) in [5.41, 5.74) is 6.29. The Kier molecular flexibility index (Phi) is 6.36. The smallest absolute Gasteiger partial charge is 0.224 e. The second kappa shape index (κ2) is 9.36. The summed E-state index contributed by atoms with van der Waals surface area (Å²) in [5, 5.41) is 2.97. The monoisotopic (exact) mass is 446 g/mol. The van der Waals surface area contributed by atoms with Crippen molar-refractivity contribution < 1.29 is 18.7 Å². The second-order valence-corrected chi connectivity index (χ2v) is 8.06. The van der Waals surface area contributed by atoms with Gasteiger partial charge in [-0.25, -0.2) is 4.39 Å². The Labute approximate surface area is 193 Å². The van der Waals surface area contributed by atoms with Crippen molar-refractivity contribution in [3.8, 4) is 11.5 Å². The molecule has 1 amide bonds. The third kappa shape index (κ3) is 4.70. The van der Waals surface area contributed by atoms with E-state index in [2.05, 4.69) is 5.32 Å². The third-order valence-electron chi connectivity index (χ3n) is 5.99. The fourth-order valence-electron chi connectivity index (χ4n) is 4.15. The van der Waals surface area contributed by atoms with E-state index in [1.165, 1.54) is 12.1 Å². The van der Waals surface area contributed by atoms with Crippen LogP contribution in [0.5, 0.6) is 11.5 Å². The van der Waals surface area contributed by atoms with Crippen molar-refractivity contribution >= 4 is 23.1 Å². The summed E-state index contributed by atoms with van der Waals surface area (Å²) in [5.74, 6) is 0.929. The van der Waals surface area contributed by atoms with Crippen molar-refractivity contribution in [3.63, 3.8) is 0 Å². The third-order valence-corrected chi connectivity index (χ3v) is 5.99. The van der Waals surface area contributed by atoms with Gasteiger partial charge < -0.3 is 19.4 Å². The lowest BCUT2D eigenvalue weighted by atomic mass is 10.0. The number of nitrogens with one attached hydrogen (secondary N) is 1. The number of hydrogen-bond donors (Lipinski definition) is 1. The lowest BCUT2D eigenvalue weighted by Gasteiger charge is -2.09. The highest BCUT2D eigenvalue weighted by Crippen LogP contribution is 2.44. The van der Waals surface area contributed by atoms with Crippen molar-refractivity contribution in [3.05, 3.63) is 88.5 Å². The summed E-state index contributed by atoms with van der Waals surface area (Å²) in [4.78, 5) is 12.8. The maximum Gasteiger partial charge on any atom is 0.224 e. The molecule has 0 bridgehead atoms. The minimum atomic E-state index is -0.326. The summed E-state index contributed by atoms with van der Waals surface area (Å²) in [6.07, 6.45) is 4.13. The molecule has 1 aliphatic rings. The Morgan fingerprint density at radius 1 is 1.06 bits per heavy atom. The Morgan fingerprint density at radius 2 is 1.79 bits per heavy atom. The number of rotatable bonds is 7. The molecule has 0 radical (unpaired) electrons. The van der Waals surface area contributed by atoms with Crippen LogP contribution in [0.3, 0.4) is 0 Å². The maximum absolute atomic E-state index is 14.2. The van der Waals surface area contributed by atoms with E-state index in [0.717, 1.165) is 39.1 Å². The van der Waals surface area contributed by atoms with Crippen LogP contribution < -0.4 is 14.8 Å². The van der Waals surface area contributed by atoms with Crippen LogP contribution in [0, 0.1) is 5.82 Å². The van der Waals surface area contributed by atoms with E-state index < -0.39 is 0 Å². The predicted octanol–water partition coefficient (Wildman–Crippen LogP) is 5.22. The van der Waals surface area contributed by atoms with Crippen LogP contribution in [0.1, 0.15) is 35.7 Å². The number of allylic oxidation sites excluding steroid dienone is 2. The Balaban J connectivity index is 1.67. The molecule has 0 saturated carbocycles. The van der Waals surface area contributed by atoms with E-state index in [1.807, 2.05) is 61.1 Å². The van der Waals surface area contributed by atoms with Crippen LogP contribution >= 0.6 is 0 Å². The number of carbonyl (C=O) groups is 1. The summed E-state index contributed by atoms with van der Waals surface area (Å²) >= 11 is 0. The molecule has 2 aromatic carbocycles. The van der Waals surface area contributed by atoms with Gasteiger partial charge in [-0.15, -0.1) is 0 Å². The highest BCUT2D eigenvalue weighted by Gasteiger charge is 2.26. The molecule has 1 N–H and O–H groups in total. The molecule has 0 atom stereocenters. The fraction of sp³-hybridized carbons (Fsp3) is 0.222. The molecule has 0 saturated heterocycles. The van der Waals surface area contributed by atoms with Crippen molar-refractivity contribution in [1.29, 1.82) is 0 Å². The van der Waals surface area contributed by atoms with Crippen LogP contribution in [-0.4, -0.2) is 24.7 Å². The molecule has 1 heterocycles. The number of carbonyl (C=O) groups excluding carboxylic acids is 1. The SMILES string of the molecule is COc1cc(/C=C2/C(C)=C(CC(=O)NCc3cccn3C)c3cc(F)ccc32)cc(OC)c1. The van der Waals surface area contributed by atoms with Gasteiger partial charge in [-0.1, -0.05) is 6.07 Å². The van der Waals surface area contributed by atoms with Gasteiger partial charge in [-0.2, -0.15) is 0 Å². The average Bonchev–Trinajstić information content (AvgIpc) is 3.33. The molecule has 4 rings (SSSR count). The van der Waals surface area contributed by atoms with E-state index in [4.69, 9.17) is 9.47 Å². The van der Waals surface area contributed by atoms with Crippen molar-refractivity contribution in [1.82, 2.24) is 9.88 Å². The number of methoxy groups -OCH3 is 2. The molecular weight excluding hydrogens is 419 g/mol. The molecule has 0 unspecified atom stereocenters. The number of nitrogens with zero attached hydrogens (tertiary/aromatic N) is 1. The first-order chi connectivity index (χ1) is 15.9. The number of aryl methyl sites for hydroxylation is 1. The summed E-state index contributed by atoms with van der Waals surface area (Å²) < 4.78 is 26.9. The molecule has 0 aliphatic heterocycles. The van der Waals surface area contributed by atoms with Gasteiger partial charge >= 0.3 is 0 Å². The molecule has 6 heteroatoms. The quantitative estimate of drug-likeness (QED) is 0.542. The van der Waals surface area contributed by atoms with Gasteiger partial charge in [0.25, 0.3) is 0 Å². The van der Waals surface area contributed by atoms with Gasteiger partial charge in [-0.3, -0.25) is 4.79 Å². The summed E-state index contributed by atoms with van der Waals surface area (Å²) in [7, 11) is 5.15. The minimum Gasteiger partial charge on any atom is -0.497 e. The van der Waals surface area contributed by atoms with Gasteiger partial charge in [0.05, 0.1) is 27.2 Å². The summed E-state index contributed by atoms with van der Waals surface area (Å²) in [6.45, 7) is 2.41. The van der Waals surface area contributed by atoms with E-state index in [1.54, 1.807) is 20.3 Å².